The van der Waals surface area contributed by atoms with Gasteiger partial charge < -0.3 is 5.32 Å². The first-order valence-corrected chi connectivity index (χ1v) is 7.30. The third-order valence-corrected chi connectivity index (χ3v) is 4.36. The van der Waals surface area contributed by atoms with Crippen LogP contribution in [0.2, 0.25) is 0 Å². The van der Waals surface area contributed by atoms with Crippen molar-refractivity contribution in [3.63, 3.8) is 0 Å². The summed E-state index contributed by atoms with van der Waals surface area (Å²) in [6, 6.07) is 11.5. The first kappa shape index (κ1) is 12.4. The lowest BCUT2D eigenvalue weighted by Gasteiger charge is -2.01. The molecule has 0 saturated heterocycles. The number of para-hydroxylation sites is 1. The number of fused-ring (bicyclic) bond motifs is 1. The molecule has 0 spiro atoms. The van der Waals surface area contributed by atoms with Crippen LogP contribution in [-0.4, -0.2) is 16.1 Å². The van der Waals surface area contributed by atoms with Crippen molar-refractivity contribution in [1.29, 1.82) is 0 Å². The second-order valence-electron chi connectivity index (χ2n) is 4.01. The van der Waals surface area contributed by atoms with E-state index in [9.17, 15) is 4.79 Å². The number of amides is 1. The number of rotatable bonds is 3. The van der Waals surface area contributed by atoms with Crippen LogP contribution in [0.1, 0.15) is 15.4 Å². The predicted molar refractivity (Wildman–Crippen MR) is 79.3 cm³/mol. The molecule has 3 aromatic rings. The Morgan fingerprint density at radius 3 is 2.95 bits per heavy atom. The summed E-state index contributed by atoms with van der Waals surface area (Å²) < 4.78 is 1.06. The van der Waals surface area contributed by atoms with Crippen molar-refractivity contribution in [3.05, 3.63) is 50.8 Å². The van der Waals surface area contributed by atoms with Gasteiger partial charge in [0.2, 0.25) is 0 Å². The molecule has 19 heavy (non-hydrogen) atoms. The minimum atomic E-state index is -0.165. The molecule has 2 N–H and O–H groups in total. The van der Waals surface area contributed by atoms with Gasteiger partial charge in [-0.2, -0.15) is 5.10 Å². The van der Waals surface area contributed by atoms with E-state index in [0.29, 0.717) is 12.2 Å². The Morgan fingerprint density at radius 2 is 2.16 bits per heavy atom. The largest absolute Gasteiger partial charge is 0.346 e. The van der Waals surface area contributed by atoms with E-state index in [0.717, 1.165) is 19.6 Å². The Balaban J connectivity index is 1.77. The van der Waals surface area contributed by atoms with Gasteiger partial charge in [0.25, 0.3) is 5.91 Å². The molecular formula is C13H10BrN3OS. The number of aromatic amines is 1. The van der Waals surface area contributed by atoms with Crippen molar-refractivity contribution in [2.75, 3.05) is 0 Å². The van der Waals surface area contributed by atoms with Crippen LogP contribution < -0.4 is 5.32 Å². The quantitative estimate of drug-likeness (QED) is 0.771. The zero-order chi connectivity index (χ0) is 13.2. The summed E-state index contributed by atoms with van der Waals surface area (Å²) in [6.07, 6.45) is 0. The third kappa shape index (κ3) is 2.54. The highest BCUT2D eigenvalue weighted by Crippen LogP contribution is 2.22. The first-order chi connectivity index (χ1) is 9.24. The summed E-state index contributed by atoms with van der Waals surface area (Å²) in [4.78, 5) is 13.2. The highest BCUT2D eigenvalue weighted by Gasteiger charge is 2.13. The molecule has 0 unspecified atom stereocenters. The molecule has 0 aliphatic heterocycles. The maximum Gasteiger partial charge on any atom is 0.272 e. The van der Waals surface area contributed by atoms with Crippen molar-refractivity contribution in [3.8, 4) is 0 Å². The predicted octanol–water partition coefficient (Wildman–Crippen LogP) is 3.32. The Kier molecular flexibility index (Phi) is 3.35. The third-order valence-electron chi connectivity index (χ3n) is 2.74. The molecule has 0 bridgehead atoms. The van der Waals surface area contributed by atoms with Gasteiger partial charge >= 0.3 is 0 Å². The molecule has 0 atom stereocenters. The number of nitrogens with zero attached hydrogens (tertiary/aromatic N) is 1. The molecule has 0 aliphatic carbocycles. The number of hydrogen-bond acceptors (Lipinski definition) is 3. The van der Waals surface area contributed by atoms with Crippen molar-refractivity contribution in [2.45, 2.75) is 6.54 Å². The lowest BCUT2D eigenvalue weighted by Crippen LogP contribution is -2.22. The smallest absolute Gasteiger partial charge is 0.272 e. The molecule has 2 heterocycles. The van der Waals surface area contributed by atoms with E-state index >= 15 is 0 Å². The van der Waals surface area contributed by atoms with Crippen LogP contribution in [0.25, 0.3) is 10.9 Å². The van der Waals surface area contributed by atoms with Gasteiger partial charge in [0.1, 0.15) is 0 Å². The lowest BCUT2D eigenvalue weighted by molar-refractivity contribution is 0.0948. The average molecular weight is 336 g/mol. The fourth-order valence-corrected chi connectivity index (χ4v) is 3.26. The monoisotopic (exact) mass is 335 g/mol. The molecule has 2 aromatic heterocycles. The first-order valence-electron chi connectivity index (χ1n) is 5.69. The van der Waals surface area contributed by atoms with Gasteiger partial charge in [0.15, 0.2) is 5.69 Å². The fraction of sp³-hybridized carbons (Fsp3) is 0.0769. The van der Waals surface area contributed by atoms with E-state index in [1.165, 1.54) is 0 Å². The maximum absolute atomic E-state index is 12.1. The molecule has 6 heteroatoms. The van der Waals surface area contributed by atoms with E-state index in [1.807, 2.05) is 36.4 Å². The van der Waals surface area contributed by atoms with Gasteiger partial charge in [0, 0.05) is 10.3 Å². The topological polar surface area (TPSA) is 57.8 Å². The van der Waals surface area contributed by atoms with Crippen LogP contribution in [-0.2, 0) is 6.54 Å². The minimum Gasteiger partial charge on any atom is -0.346 e. The molecule has 1 aromatic carbocycles. The zero-order valence-corrected chi connectivity index (χ0v) is 12.2. The molecule has 1 amide bonds. The fourth-order valence-electron chi connectivity index (χ4n) is 1.83. The van der Waals surface area contributed by atoms with Gasteiger partial charge in [-0.05, 0) is 34.1 Å². The summed E-state index contributed by atoms with van der Waals surface area (Å²) in [6.45, 7) is 0.510. The summed E-state index contributed by atoms with van der Waals surface area (Å²) >= 11 is 5.00. The number of carbonyl (C=O) groups is 1. The molecule has 0 fully saturated rings. The second kappa shape index (κ2) is 5.14. The van der Waals surface area contributed by atoms with Gasteiger partial charge in [-0.15, -0.1) is 11.3 Å². The van der Waals surface area contributed by atoms with E-state index in [-0.39, 0.29) is 5.91 Å². The summed E-state index contributed by atoms with van der Waals surface area (Å²) in [7, 11) is 0. The molecular weight excluding hydrogens is 326 g/mol. The average Bonchev–Trinajstić information content (AvgIpc) is 3.02. The number of benzene rings is 1. The van der Waals surface area contributed by atoms with Crippen LogP contribution >= 0.6 is 27.3 Å². The minimum absolute atomic E-state index is 0.165. The number of carbonyl (C=O) groups excluding carboxylic acids is 1. The maximum atomic E-state index is 12.1. The second-order valence-corrected chi connectivity index (χ2v) is 6.55. The van der Waals surface area contributed by atoms with Crippen LogP contribution in [0.5, 0.6) is 0 Å². The number of H-pyrrole nitrogens is 1. The summed E-state index contributed by atoms with van der Waals surface area (Å²) in [5.74, 6) is -0.165. The SMILES string of the molecule is O=C(NCc1ccc(Br)s1)c1n[nH]c2ccccc12. The van der Waals surface area contributed by atoms with Gasteiger partial charge in [-0.1, -0.05) is 18.2 Å². The molecule has 0 radical (unpaired) electrons. The van der Waals surface area contributed by atoms with E-state index in [1.54, 1.807) is 11.3 Å². The Morgan fingerprint density at radius 1 is 1.32 bits per heavy atom. The van der Waals surface area contributed by atoms with Crippen molar-refractivity contribution in [1.82, 2.24) is 15.5 Å². The summed E-state index contributed by atoms with van der Waals surface area (Å²) in [5.41, 5.74) is 1.30. The van der Waals surface area contributed by atoms with Crippen LogP contribution in [0.15, 0.2) is 40.2 Å². The van der Waals surface area contributed by atoms with Gasteiger partial charge in [0.05, 0.1) is 15.8 Å². The molecule has 4 nitrogen and oxygen atoms in total. The number of nitrogens with one attached hydrogen (secondary N) is 2. The van der Waals surface area contributed by atoms with E-state index < -0.39 is 0 Å². The van der Waals surface area contributed by atoms with E-state index in [4.69, 9.17) is 0 Å². The van der Waals surface area contributed by atoms with E-state index in [2.05, 4.69) is 31.4 Å². The number of hydrogen-bond donors (Lipinski definition) is 2. The standard InChI is InChI=1S/C13H10BrN3OS/c14-11-6-5-8(19-11)7-15-13(18)12-9-3-1-2-4-10(9)16-17-12/h1-6H,7H2,(H,15,18)(H,16,17). The molecule has 0 aliphatic rings. The van der Waals surface area contributed by atoms with Crippen LogP contribution in [0.3, 0.4) is 0 Å². The van der Waals surface area contributed by atoms with Crippen molar-refractivity contribution >= 4 is 44.1 Å². The normalized spacial score (nSPS) is 10.8. The van der Waals surface area contributed by atoms with Crippen molar-refractivity contribution in [2.24, 2.45) is 0 Å². The highest BCUT2D eigenvalue weighted by atomic mass is 79.9. The summed E-state index contributed by atoms with van der Waals surface area (Å²) in [5, 5.41) is 10.6. The zero-order valence-electron chi connectivity index (χ0n) is 9.81. The van der Waals surface area contributed by atoms with Crippen LogP contribution in [0, 0.1) is 0 Å². The van der Waals surface area contributed by atoms with Gasteiger partial charge in [-0.3, -0.25) is 9.89 Å². The highest BCUT2D eigenvalue weighted by molar-refractivity contribution is 9.11. The number of halogens is 1. The Hall–Kier alpha value is -1.66. The number of thiophene rings is 1. The Labute approximate surface area is 122 Å². The van der Waals surface area contributed by atoms with Crippen LogP contribution in [0.4, 0.5) is 0 Å². The molecule has 96 valence electrons. The molecule has 0 saturated carbocycles. The molecule has 3 rings (SSSR count). The lowest BCUT2D eigenvalue weighted by atomic mass is 10.2. The Bertz CT molecular complexity index is 734. The number of aromatic nitrogens is 2. The van der Waals surface area contributed by atoms with Crippen molar-refractivity contribution < 1.29 is 4.79 Å². The van der Waals surface area contributed by atoms with Gasteiger partial charge in [-0.25, -0.2) is 0 Å².